The van der Waals surface area contributed by atoms with Gasteiger partial charge >= 0.3 is 0 Å². The van der Waals surface area contributed by atoms with E-state index in [0.717, 1.165) is 11.5 Å². The molecule has 0 aliphatic heterocycles. The Hall–Kier alpha value is -0.340. The van der Waals surface area contributed by atoms with Crippen molar-refractivity contribution in [2.75, 3.05) is 18.7 Å². The molecule has 0 aliphatic carbocycles. The minimum Gasteiger partial charge on any atom is -0.496 e. The lowest BCUT2D eigenvalue weighted by atomic mass is 10.1. The molecule has 78 valence electrons. The van der Waals surface area contributed by atoms with Gasteiger partial charge in [-0.25, -0.2) is 0 Å². The molecule has 14 heavy (non-hydrogen) atoms. The summed E-state index contributed by atoms with van der Waals surface area (Å²) in [6, 6.07) is 4.23. The quantitative estimate of drug-likeness (QED) is 0.577. The van der Waals surface area contributed by atoms with Crippen LogP contribution in [-0.2, 0) is 0 Å². The van der Waals surface area contributed by atoms with Gasteiger partial charge in [0.05, 0.1) is 7.11 Å². The van der Waals surface area contributed by atoms with Crippen molar-refractivity contribution in [2.24, 2.45) is 0 Å². The lowest BCUT2D eigenvalue weighted by molar-refractivity contribution is 0.404. The number of benzene rings is 1. The van der Waals surface area contributed by atoms with Crippen molar-refractivity contribution in [3.05, 3.63) is 23.3 Å². The fraction of sp³-hybridized carbons (Fsp3) is 0.455. The third-order valence-electron chi connectivity index (χ3n) is 2.11. The van der Waals surface area contributed by atoms with E-state index in [9.17, 15) is 0 Å². The first kappa shape index (κ1) is 11.7. The van der Waals surface area contributed by atoms with E-state index < -0.39 is 0 Å². The van der Waals surface area contributed by atoms with Crippen molar-refractivity contribution in [1.82, 2.24) is 0 Å². The Morgan fingerprint density at radius 2 is 1.93 bits per heavy atom. The van der Waals surface area contributed by atoms with Crippen LogP contribution in [0.2, 0.25) is 0 Å². The SMILES string of the molecule is COc1cc(C)c(C)cc1SCCCl. The molecule has 1 nitrogen and oxygen atoms in total. The summed E-state index contributed by atoms with van der Waals surface area (Å²) in [5.41, 5.74) is 2.56. The first-order valence-corrected chi connectivity index (χ1v) is 6.05. The zero-order valence-electron chi connectivity index (χ0n) is 8.76. The second-order valence-corrected chi connectivity index (χ2v) is 4.64. The molecule has 0 N–H and O–H groups in total. The van der Waals surface area contributed by atoms with E-state index in [1.54, 1.807) is 18.9 Å². The first-order valence-electron chi connectivity index (χ1n) is 4.53. The highest BCUT2D eigenvalue weighted by Crippen LogP contribution is 2.31. The summed E-state index contributed by atoms with van der Waals surface area (Å²) in [6.45, 7) is 4.20. The number of rotatable bonds is 4. The monoisotopic (exact) mass is 230 g/mol. The van der Waals surface area contributed by atoms with Crippen LogP contribution in [0.15, 0.2) is 17.0 Å². The average molecular weight is 231 g/mol. The van der Waals surface area contributed by atoms with Gasteiger partial charge < -0.3 is 4.74 Å². The number of aryl methyl sites for hydroxylation is 2. The van der Waals surface area contributed by atoms with Gasteiger partial charge in [0.1, 0.15) is 5.75 Å². The molecule has 3 heteroatoms. The molecule has 0 unspecified atom stereocenters. The molecule has 0 fully saturated rings. The second-order valence-electron chi connectivity index (χ2n) is 3.12. The Balaban J connectivity index is 2.95. The van der Waals surface area contributed by atoms with E-state index in [0.29, 0.717) is 5.88 Å². The highest BCUT2D eigenvalue weighted by molar-refractivity contribution is 7.99. The van der Waals surface area contributed by atoms with Crippen LogP contribution in [0.5, 0.6) is 5.75 Å². The Morgan fingerprint density at radius 3 is 2.50 bits per heavy atom. The number of halogens is 1. The van der Waals surface area contributed by atoms with Crippen molar-refractivity contribution in [1.29, 1.82) is 0 Å². The number of alkyl halides is 1. The van der Waals surface area contributed by atoms with Crippen LogP contribution < -0.4 is 4.74 Å². The molecule has 0 amide bonds. The molecule has 0 aromatic heterocycles. The maximum absolute atomic E-state index is 5.66. The molecule has 0 saturated heterocycles. The minimum atomic E-state index is 0.667. The van der Waals surface area contributed by atoms with Gasteiger partial charge in [-0.3, -0.25) is 0 Å². The van der Waals surface area contributed by atoms with Crippen LogP contribution >= 0.6 is 23.4 Å². The maximum atomic E-state index is 5.66. The van der Waals surface area contributed by atoms with E-state index in [2.05, 4.69) is 26.0 Å². The normalized spacial score (nSPS) is 10.3. The highest BCUT2D eigenvalue weighted by Gasteiger charge is 2.05. The molecule has 1 aromatic rings. The van der Waals surface area contributed by atoms with Crippen molar-refractivity contribution < 1.29 is 4.74 Å². The fourth-order valence-corrected chi connectivity index (χ4v) is 2.26. The molecular weight excluding hydrogens is 216 g/mol. The largest absolute Gasteiger partial charge is 0.496 e. The lowest BCUT2D eigenvalue weighted by Gasteiger charge is -2.10. The zero-order chi connectivity index (χ0) is 10.6. The standard InChI is InChI=1S/C11H15ClOS/c1-8-6-10(13-3)11(7-9(8)2)14-5-4-12/h6-7H,4-5H2,1-3H3. The summed E-state index contributed by atoms with van der Waals surface area (Å²) in [4.78, 5) is 1.18. The van der Waals surface area contributed by atoms with Gasteiger partial charge in [0, 0.05) is 16.5 Å². The summed E-state index contributed by atoms with van der Waals surface area (Å²) in [7, 11) is 1.70. The van der Waals surface area contributed by atoms with Gasteiger partial charge in [0.25, 0.3) is 0 Å². The molecule has 0 bridgehead atoms. The molecule has 0 saturated carbocycles. The Labute approximate surface area is 94.8 Å². The molecule has 1 aromatic carbocycles. The maximum Gasteiger partial charge on any atom is 0.132 e. The van der Waals surface area contributed by atoms with E-state index in [1.807, 2.05) is 0 Å². The molecule has 1 rings (SSSR count). The zero-order valence-corrected chi connectivity index (χ0v) is 10.3. The first-order chi connectivity index (χ1) is 6.69. The lowest BCUT2D eigenvalue weighted by Crippen LogP contribution is -1.91. The number of thioether (sulfide) groups is 1. The smallest absolute Gasteiger partial charge is 0.132 e. The van der Waals surface area contributed by atoms with Crippen LogP contribution in [0.4, 0.5) is 0 Å². The van der Waals surface area contributed by atoms with E-state index >= 15 is 0 Å². The molecular formula is C11H15ClOS. The average Bonchev–Trinajstić information content (AvgIpc) is 2.19. The summed E-state index contributed by atoms with van der Waals surface area (Å²) in [5, 5.41) is 0. The predicted octanol–water partition coefficient (Wildman–Crippen LogP) is 3.64. The van der Waals surface area contributed by atoms with Crippen LogP contribution in [0.25, 0.3) is 0 Å². The Morgan fingerprint density at radius 1 is 1.29 bits per heavy atom. The molecule has 0 aliphatic rings. The number of ether oxygens (including phenoxy) is 1. The van der Waals surface area contributed by atoms with Crippen molar-refractivity contribution in [2.45, 2.75) is 18.7 Å². The van der Waals surface area contributed by atoms with Gasteiger partial charge in [-0.05, 0) is 37.1 Å². The molecule has 0 heterocycles. The third kappa shape index (κ3) is 2.82. The summed E-state index contributed by atoms with van der Waals surface area (Å²) in [5.74, 6) is 2.53. The van der Waals surface area contributed by atoms with Crippen LogP contribution in [0, 0.1) is 13.8 Å². The summed E-state index contributed by atoms with van der Waals surface area (Å²) < 4.78 is 5.31. The topological polar surface area (TPSA) is 9.23 Å². The number of hydrogen-bond acceptors (Lipinski definition) is 2. The van der Waals surface area contributed by atoms with Crippen LogP contribution in [-0.4, -0.2) is 18.7 Å². The van der Waals surface area contributed by atoms with Crippen molar-refractivity contribution in [3.63, 3.8) is 0 Å². The second kappa shape index (κ2) is 5.52. The van der Waals surface area contributed by atoms with Gasteiger partial charge in [-0.2, -0.15) is 0 Å². The van der Waals surface area contributed by atoms with Crippen molar-refractivity contribution >= 4 is 23.4 Å². The fourth-order valence-electron chi connectivity index (χ4n) is 1.18. The Kier molecular flexibility index (Phi) is 4.63. The highest BCUT2D eigenvalue weighted by atomic mass is 35.5. The van der Waals surface area contributed by atoms with E-state index in [-0.39, 0.29) is 0 Å². The predicted molar refractivity (Wildman–Crippen MR) is 63.9 cm³/mol. The minimum absolute atomic E-state index is 0.667. The molecule has 0 spiro atoms. The van der Waals surface area contributed by atoms with Gasteiger partial charge in [-0.15, -0.1) is 23.4 Å². The van der Waals surface area contributed by atoms with E-state index in [4.69, 9.17) is 16.3 Å². The number of hydrogen-bond donors (Lipinski definition) is 0. The summed E-state index contributed by atoms with van der Waals surface area (Å²) in [6.07, 6.45) is 0. The van der Waals surface area contributed by atoms with Gasteiger partial charge in [0.2, 0.25) is 0 Å². The Bertz CT molecular complexity index is 312. The molecule has 0 radical (unpaired) electrons. The third-order valence-corrected chi connectivity index (χ3v) is 3.57. The van der Waals surface area contributed by atoms with Crippen LogP contribution in [0.3, 0.4) is 0 Å². The molecule has 0 atom stereocenters. The van der Waals surface area contributed by atoms with Crippen molar-refractivity contribution in [3.8, 4) is 5.75 Å². The number of methoxy groups -OCH3 is 1. The van der Waals surface area contributed by atoms with Crippen LogP contribution in [0.1, 0.15) is 11.1 Å². The van der Waals surface area contributed by atoms with Gasteiger partial charge in [-0.1, -0.05) is 0 Å². The summed E-state index contributed by atoms with van der Waals surface area (Å²) >= 11 is 7.39. The van der Waals surface area contributed by atoms with Gasteiger partial charge in [0.15, 0.2) is 0 Å². The van der Waals surface area contributed by atoms with E-state index in [1.165, 1.54) is 16.0 Å².